The number of carbonyl (C=O) groups is 1. The zero-order chi connectivity index (χ0) is 23.0. The third kappa shape index (κ3) is 5.96. The number of carbonyl (C=O) groups excluding carboxylic acids is 1. The standard InChI is InChI=1S/C28H38N2O3/c1-3-19-33-25(20-29-17-15-24(16-18-29)28(31)32-4-2)21-30-26-11-7-5-9-22(26)13-14-23-10-6-8-12-27(23)30/h5-12,24-25H,3-4,13-21H2,1-2H3. The number of rotatable bonds is 9. The van der Waals surface area contributed by atoms with Gasteiger partial charge in [-0.25, -0.2) is 0 Å². The number of esters is 1. The number of para-hydroxylation sites is 2. The maximum Gasteiger partial charge on any atom is 0.309 e. The van der Waals surface area contributed by atoms with E-state index in [-0.39, 0.29) is 18.0 Å². The lowest BCUT2D eigenvalue weighted by molar-refractivity contribution is -0.149. The van der Waals surface area contributed by atoms with Gasteiger partial charge in [-0.3, -0.25) is 4.79 Å². The molecule has 33 heavy (non-hydrogen) atoms. The van der Waals surface area contributed by atoms with Crippen LogP contribution in [0.5, 0.6) is 0 Å². The lowest BCUT2D eigenvalue weighted by Gasteiger charge is -2.36. The molecule has 2 aromatic rings. The summed E-state index contributed by atoms with van der Waals surface area (Å²) in [5, 5.41) is 0. The molecule has 1 fully saturated rings. The summed E-state index contributed by atoms with van der Waals surface area (Å²) in [6.45, 7) is 8.82. The Kier molecular flexibility index (Phi) is 8.40. The third-order valence-electron chi connectivity index (χ3n) is 6.84. The molecule has 2 aliphatic heterocycles. The highest BCUT2D eigenvalue weighted by atomic mass is 16.5. The molecular formula is C28H38N2O3. The first kappa shape index (κ1) is 23.8. The van der Waals surface area contributed by atoms with E-state index in [9.17, 15) is 4.79 Å². The Morgan fingerprint density at radius 1 is 0.939 bits per heavy atom. The fourth-order valence-electron chi connectivity index (χ4n) is 5.12. The Balaban J connectivity index is 1.49. The summed E-state index contributed by atoms with van der Waals surface area (Å²) in [7, 11) is 0. The third-order valence-corrected chi connectivity index (χ3v) is 6.84. The molecule has 2 aliphatic rings. The van der Waals surface area contributed by atoms with Crippen molar-refractivity contribution in [3.8, 4) is 0 Å². The van der Waals surface area contributed by atoms with Gasteiger partial charge in [-0.1, -0.05) is 43.3 Å². The zero-order valence-corrected chi connectivity index (χ0v) is 20.2. The minimum Gasteiger partial charge on any atom is -0.466 e. The number of benzene rings is 2. The van der Waals surface area contributed by atoms with Crippen LogP contribution in [-0.4, -0.2) is 56.4 Å². The number of likely N-dealkylation sites (tertiary alicyclic amines) is 1. The molecule has 1 atom stereocenters. The molecule has 1 saturated heterocycles. The summed E-state index contributed by atoms with van der Waals surface area (Å²) in [4.78, 5) is 17.1. The number of fused-ring (bicyclic) bond motifs is 2. The highest BCUT2D eigenvalue weighted by molar-refractivity contribution is 5.72. The largest absolute Gasteiger partial charge is 0.466 e. The van der Waals surface area contributed by atoms with E-state index in [0.29, 0.717) is 6.61 Å². The highest BCUT2D eigenvalue weighted by Crippen LogP contribution is 2.36. The summed E-state index contributed by atoms with van der Waals surface area (Å²) < 4.78 is 11.6. The smallest absolute Gasteiger partial charge is 0.309 e. The van der Waals surface area contributed by atoms with Gasteiger partial charge in [-0.2, -0.15) is 0 Å². The molecule has 0 spiro atoms. The van der Waals surface area contributed by atoms with E-state index < -0.39 is 0 Å². The van der Waals surface area contributed by atoms with Gasteiger partial charge in [0, 0.05) is 24.5 Å². The average molecular weight is 451 g/mol. The number of piperidine rings is 1. The average Bonchev–Trinajstić information content (AvgIpc) is 3.00. The van der Waals surface area contributed by atoms with E-state index in [0.717, 1.165) is 64.9 Å². The number of anilines is 2. The van der Waals surface area contributed by atoms with E-state index >= 15 is 0 Å². The van der Waals surface area contributed by atoms with Crippen molar-refractivity contribution in [2.45, 2.75) is 52.1 Å². The van der Waals surface area contributed by atoms with Gasteiger partial charge < -0.3 is 19.3 Å². The molecule has 0 amide bonds. The molecule has 2 aromatic carbocycles. The van der Waals surface area contributed by atoms with Crippen LogP contribution in [0, 0.1) is 5.92 Å². The van der Waals surface area contributed by atoms with Crippen LogP contribution in [0.1, 0.15) is 44.2 Å². The van der Waals surface area contributed by atoms with Gasteiger partial charge in [-0.15, -0.1) is 0 Å². The van der Waals surface area contributed by atoms with Crippen LogP contribution in [0.3, 0.4) is 0 Å². The number of aryl methyl sites for hydroxylation is 2. The molecule has 4 rings (SSSR count). The van der Waals surface area contributed by atoms with Crippen molar-refractivity contribution in [3.63, 3.8) is 0 Å². The van der Waals surface area contributed by atoms with Crippen LogP contribution in [0.15, 0.2) is 48.5 Å². The first-order valence-electron chi connectivity index (χ1n) is 12.6. The van der Waals surface area contributed by atoms with E-state index in [1.165, 1.54) is 22.5 Å². The second-order valence-electron chi connectivity index (χ2n) is 9.19. The van der Waals surface area contributed by atoms with Crippen molar-refractivity contribution in [2.75, 3.05) is 44.3 Å². The molecule has 1 unspecified atom stereocenters. The fourth-order valence-corrected chi connectivity index (χ4v) is 5.12. The molecule has 5 heteroatoms. The Bertz CT molecular complexity index is 860. The summed E-state index contributed by atoms with van der Waals surface area (Å²) in [6, 6.07) is 17.6. The SMILES string of the molecule is CCCOC(CN1CCC(C(=O)OCC)CC1)CN1c2ccccc2CCc2ccccc21. The topological polar surface area (TPSA) is 42.0 Å². The van der Waals surface area contributed by atoms with Crippen LogP contribution >= 0.6 is 0 Å². The first-order chi connectivity index (χ1) is 16.2. The van der Waals surface area contributed by atoms with Crippen molar-refractivity contribution in [1.29, 1.82) is 0 Å². The highest BCUT2D eigenvalue weighted by Gasteiger charge is 2.29. The summed E-state index contributed by atoms with van der Waals surface area (Å²) >= 11 is 0. The quantitative estimate of drug-likeness (QED) is 0.503. The van der Waals surface area contributed by atoms with Crippen LogP contribution in [-0.2, 0) is 27.1 Å². The number of nitrogens with zero attached hydrogens (tertiary/aromatic N) is 2. The molecule has 178 valence electrons. The van der Waals surface area contributed by atoms with Gasteiger partial charge in [0.2, 0.25) is 0 Å². The van der Waals surface area contributed by atoms with Crippen LogP contribution < -0.4 is 4.90 Å². The minimum atomic E-state index is -0.0336. The Morgan fingerprint density at radius 2 is 1.55 bits per heavy atom. The molecule has 0 aromatic heterocycles. The maximum atomic E-state index is 12.1. The van der Waals surface area contributed by atoms with Gasteiger partial charge >= 0.3 is 5.97 Å². The van der Waals surface area contributed by atoms with Gasteiger partial charge in [0.25, 0.3) is 0 Å². The van der Waals surface area contributed by atoms with Crippen LogP contribution in [0.2, 0.25) is 0 Å². The molecule has 0 aliphatic carbocycles. The van der Waals surface area contributed by atoms with E-state index in [2.05, 4.69) is 65.3 Å². The monoisotopic (exact) mass is 450 g/mol. The summed E-state index contributed by atoms with van der Waals surface area (Å²) in [5.74, 6) is 0.00860. The van der Waals surface area contributed by atoms with Crippen molar-refractivity contribution >= 4 is 17.3 Å². The molecule has 0 bridgehead atoms. The molecular weight excluding hydrogens is 412 g/mol. The molecule has 0 N–H and O–H groups in total. The van der Waals surface area contributed by atoms with Crippen molar-refractivity contribution in [3.05, 3.63) is 59.7 Å². The second kappa shape index (κ2) is 11.7. The predicted molar refractivity (Wildman–Crippen MR) is 133 cm³/mol. The lowest BCUT2D eigenvalue weighted by atomic mass is 9.97. The van der Waals surface area contributed by atoms with Crippen molar-refractivity contribution in [2.24, 2.45) is 5.92 Å². The molecule has 0 saturated carbocycles. The Labute approximate surface area is 198 Å². The van der Waals surface area contributed by atoms with E-state index in [1.54, 1.807) is 0 Å². The predicted octanol–water partition coefficient (Wildman–Crippen LogP) is 4.99. The second-order valence-corrected chi connectivity index (χ2v) is 9.19. The van der Waals surface area contributed by atoms with E-state index in [4.69, 9.17) is 9.47 Å². The van der Waals surface area contributed by atoms with Crippen molar-refractivity contribution < 1.29 is 14.3 Å². The zero-order valence-electron chi connectivity index (χ0n) is 20.2. The Morgan fingerprint density at radius 3 is 2.12 bits per heavy atom. The van der Waals surface area contributed by atoms with Crippen LogP contribution in [0.4, 0.5) is 11.4 Å². The van der Waals surface area contributed by atoms with E-state index in [1.807, 2.05) is 6.92 Å². The van der Waals surface area contributed by atoms with Crippen molar-refractivity contribution in [1.82, 2.24) is 4.90 Å². The number of hydrogen-bond donors (Lipinski definition) is 0. The van der Waals surface area contributed by atoms with Gasteiger partial charge in [0.1, 0.15) is 0 Å². The normalized spacial score (nSPS) is 17.7. The first-order valence-corrected chi connectivity index (χ1v) is 12.6. The maximum absolute atomic E-state index is 12.1. The molecule has 0 radical (unpaired) electrons. The number of hydrogen-bond acceptors (Lipinski definition) is 5. The summed E-state index contributed by atoms with van der Waals surface area (Å²) in [6.07, 6.45) is 4.97. The Hall–Kier alpha value is -2.37. The van der Waals surface area contributed by atoms with Gasteiger partial charge in [-0.05, 0) is 75.4 Å². The summed E-state index contributed by atoms with van der Waals surface area (Å²) in [5.41, 5.74) is 5.40. The fraction of sp³-hybridized carbons (Fsp3) is 0.536. The molecule has 2 heterocycles. The minimum absolute atomic E-state index is 0.0336. The van der Waals surface area contributed by atoms with Gasteiger partial charge in [0.15, 0.2) is 0 Å². The number of ether oxygens (including phenoxy) is 2. The lowest BCUT2D eigenvalue weighted by Crippen LogP contribution is -2.45. The molecule has 5 nitrogen and oxygen atoms in total. The van der Waals surface area contributed by atoms with Crippen LogP contribution in [0.25, 0.3) is 0 Å². The van der Waals surface area contributed by atoms with Gasteiger partial charge in [0.05, 0.1) is 25.2 Å².